The number of fused-ring (bicyclic) bond motifs is 2. The smallest absolute Gasteiger partial charge is 0.162 e. The number of piperidine rings is 1. The third kappa shape index (κ3) is 2.53. The summed E-state index contributed by atoms with van der Waals surface area (Å²) in [7, 11) is 0. The summed E-state index contributed by atoms with van der Waals surface area (Å²) in [6.45, 7) is 2.10. The van der Waals surface area contributed by atoms with Gasteiger partial charge in [0.2, 0.25) is 0 Å². The second-order valence-electron chi connectivity index (χ2n) is 6.41. The number of anilines is 1. The molecule has 0 unspecified atom stereocenters. The zero-order valence-electron chi connectivity index (χ0n) is 13.7. The molecule has 1 saturated heterocycles. The lowest BCUT2D eigenvalue weighted by molar-refractivity contribution is 0.478. The number of hydrogen-bond acceptors (Lipinski definition) is 5. The zero-order chi connectivity index (χ0) is 16.6. The third-order valence-corrected chi connectivity index (χ3v) is 4.79. The molecular weight excluding hydrogens is 314 g/mol. The Labute approximate surface area is 144 Å². The van der Waals surface area contributed by atoms with Crippen molar-refractivity contribution in [2.75, 3.05) is 18.4 Å². The zero-order valence-corrected chi connectivity index (χ0v) is 13.7. The van der Waals surface area contributed by atoms with Gasteiger partial charge in [-0.2, -0.15) is 5.10 Å². The molecule has 0 amide bonds. The van der Waals surface area contributed by atoms with Gasteiger partial charge < -0.3 is 15.6 Å². The van der Waals surface area contributed by atoms with Gasteiger partial charge in [-0.1, -0.05) is 0 Å². The van der Waals surface area contributed by atoms with Crippen LogP contribution < -0.4 is 10.6 Å². The van der Waals surface area contributed by atoms with Crippen LogP contribution in [-0.4, -0.2) is 43.7 Å². The molecule has 7 heteroatoms. The maximum atomic E-state index is 4.75. The molecule has 5 rings (SSSR count). The molecule has 126 valence electrons. The van der Waals surface area contributed by atoms with Gasteiger partial charge in [0.1, 0.15) is 11.5 Å². The largest absolute Gasteiger partial charge is 0.367 e. The fourth-order valence-corrected chi connectivity index (χ4v) is 3.53. The highest BCUT2D eigenvalue weighted by Gasteiger charge is 2.17. The molecule has 1 fully saturated rings. The van der Waals surface area contributed by atoms with Gasteiger partial charge >= 0.3 is 0 Å². The van der Waals surface area contributed by atoms with E-state index in [0.717, 1.165) is 59.6 Å². The summed E-state index contributed by atoms with van der Waals surface area (Å²) in [5, 5.41) is 12.5. The second-order valence-corrected chi connectivity index (χ2v) is 6.41. The predicted molar refractivity (Wildman–Crippen MR) is 97.6 cm³/mol. The molecule has 3 N–H and O–H groups in total. The quantitative estimate of drug-likeness (QED) is 0.536. The minimum absolute atomic E-state index is 0.455. The molecule has 0 saturated carbocycles. The van der Waals surface area contributed by atoms with Crippen LogP contribution >= 0.6 is 0 Å². The van der Waals surface area contributed by atoms with E-state index >= 15 is 0 Å². The highest BCUT2D eigenvalue weighted by molar-refractivity contribution is 5.98. The number of aromatic nitrogens is 5. The highest BCUT2D eigenvalue weighted by atomic mass is 15.2. The lowest BCUT2D eigenvalue weighted by Crippen LogP contribution is -2.35. The van der Waals surface area contributed by atoms with Crippen LogP contribution in [0.1, 0.15) is 12.8 Å². The first-order valence-corrected chi connectivity index (χ1v) is 8.62. The van der Waals surface area contributed by atoms with E-state index < -0.39 is 0 Å². The Bertz CT molecular complexity index is 1030. The Kier molecular flexibility index (Phi) is 3.38. The minimum Gasteiger partial charge on any atom is -0.367 e. The molecule has 0 bridgehead atoms. The van der Waals surface area contributed by atoms with Crippen LogP contribution in [0.5, 0.6) is 0 Å². The van der Waals surface area contributed by atoms with Crippen LogP contribution in [0.3, 0.4) is 0 Å². The molecule has 4 aromatic heterocycles. The maximum absolute atomic E-state index is 4.75. The van der Waals surface area contributed by atoms with Gasteiger partial charge in [0.05, 0.1) is 6.20 Å². The lowest BCUT2D eigenvalue weighted by atomic mass is 10.0. The van der Waals surface area contributed by atoms with Crippen LogP contribution in [0.25, 0.3) is 27.8 Å². The number of rotatable bonds is 3. The van der Waals surface area contributed by atoms with E-state index in [9.17, 15) is 0 Å². The van der Waals surface area contributed by atoms with Crippen molar-refractivity contribution >= 4 is 22.5 Å². The van der Waals surface area contributed by atoms with Crippen molar-refractivity contribution in [3.63, 3.8) is 0 Å². The Morgan fingerprint density at radius 2 is 2.12 bits per heavy atom. The molecule has 0 atom stereocenters. The number of aromatic amines is 1. The Balaban J connectivity index is 1.62. The fraction of sp³-hybridized carbons (Fsp3) is 0.278. The van der Waals surface area contributed by atoms with Crippen LogP contribution in [-0.2, 0) is 0 Å². The average Bonchev–Trinajstić information content (AvgIpc) is 3.29. The van der Waals surface area contributed by atoms with E-state index in [-0.39, 0.29) is 0 Å². The minimum atomic E-state index is 0.455. The molecule has 25 heavy (non-hydrogen) atoms. The van der Waals surface area contributed by atoms with E-state index in [1.54, 1.807) is 10.7 Å². The van der Waals surface area contributed by atoms with Crippen molar-refractivity contribution in [2.24, 2.45) is 0 Å². The van der Waals surface area contributed by atoms with Crippen molar-refractivity contribution < 1.29 is 0 Å². The third-order valence-electron chi connectivity index (χ3n) is 4.79. The molecule has 0 aliphatic carbocycles. The number of nitrogens with one attached hydrogen (secondary N) is 3. The standard InChI is InChI=1S/C18H19N7/c1-5-21-18-15(11-22-25(18)9-1)14-10-16(23-12-2-6-19-7-3-12)24-17-13(14)4-8-20-17/h1,4-5,8-12,19H,2-3,6-7H2,(H2,20,23,24). The summed E-state index contributed by atoms with van der Waals surface area (Å²) in [6, 6.07) is 6.50. The van der Waals surface area contributed by atoms with E-state index in [0.29, 0.717) is 6.04 Å². The first kappa shape index (κ1) is 14.4. The topological polar surface area (TPSA) is 82.9 Å². The van der Waals surface area contributed by atoms with E-state index in [1.165, 1.54) is 0 Å². The van der Waals surface area contributed by atoms with Crippen molar-refractivity contribution in [1.82, 2.24) is 29.9 Å². The van der Waals surface area contributed by atoms with Gasteiger partial charge in [0, 0.05) is 41.1 Å². The number of H-pyrrole nitrogens is 1. The van der Waals surface area contributed by atoms with Crippen LogP contribution in [0.2, 0.25) is 0 Å². The van der Waals surface area contributed by atoms with Crippen LogP contribution in [0.15, 0.2) is 43.0 Å². The van der Waals surface area contributed by atoms with Crippen molar-refractivity contribution in [2.45, 2.75) is 18.9 Å². The molecule has 1 aliphatic rings. The van der Waals surface area contributed by atoms with E-state index in [4.69, 9.17) is 4.98 Å². The van der Waals surface area contributed by atoms with Crippen molar-refractivity contribution in [3.8, 4) is 11.1 Å². The molecule has 0 radical (unpaired) electrons. The van der Waals surface area contributed by atoms with Crippen molar-refractivity contribution in [3.05, 3.63) is 43.0 Å². The SMILES string of the molecule is c1cnc2c(-c3cc(NC4CCNCC4)nc4[nH]ccc34)cnn2c1. The summed E-state index contributed by atoms with van der Waals surface area (Å²) in [5.74, 6) is 0.895. The lowest BCUT2D eigenvalue weighted by Gasteiger charge is -2.24. The summed E-state index contributed by atoms with van der Waals surface area (Å²) < 4.78 is 1.80. The number of pyridine rings is 1. The van der Waals surface area contributed by atoms with E-state index in [1.807, 2.05) is 24.7 Å². The molecule has 7 nitrogen and oxygen atoms in total. The van der Waals surface area contributed by atoms with Gasteiger partial charge in [-0.25, -0.2) is 14.5 Å². The molecule has 5 heterocycles. The molecule has 0 spiro atoms. The Hall–Kier alpha value is -2.93. The van der Waals surface area contributed by atoms with Gasteiger partial charge in [-0.3, -0.25) is 0 Å². The number of hydrogen-bond donors (Lipinski definition) is 3. The Morgan fingerprint density at radius 3 is 3.04 bits per heavy atom. The summed E-state index contributed by atoms with van der Waals surface area (Å²) >= 11 is 0. The molecule has 1 aliphatic heterocycles. The molecule has 4 aromatic rings. The normalized spacial score (nSPS) is 15.8. The molecular formula is C18H19N7. The first-order valence-electron chi connectivity index (χ1n) is 8.62. The van der Waals surface area contributed by atoms with Gasteiger partial charge in [0.15, 0.2) is 5.65 Å². The first-order chi connectivity index (χ1) is 12.4. The predicted octanol–water partition coefficient (Wildman–Crippen LogP) is 2.44. The van der Waals surface area contributed by atoms with E-state index in [2.05, 4.69) is 37.8 Å². The fourth-order valence-electron chi connectivity index (χ4n) is 3.53. The Morgan fingerprint density at radius 1 is 1.20 bits per heavy atom. The molecule has 0 aromatic carbocycles. The highest BCUT2D eigenvalue weighted by Crippen LogP contribution is 2.32. The summed E-state index contributed by atoms with van der Waals surface area (Å²) in [5.41, 5.74) is 3.84. The van der Waals surface area contributed by atoms with Crippen LogP contribution in [0, 0.1) is 0 Å². The summed E-state index contributed by atoms with van der Waals surface area (Å²) in [6.07, 6.45) is 9.73. The van der Waals surface area contributed by atoms with Gasteiger partial charge in [0.25, 0.3) is 0 Å². The average molecular weight is 333 g/mol. The van der Waals surface area contributed by atoms with Gasteiger partial charge in [-0.15, -0.1) is 0 Å². The monoisotopic (exact) mass is 333 g/mol. The second kappa shape index (κ2) is 5.86. The van der Waals surface area contributed by atoms with Crippen molar-refractivity contribution in [1.29, 1.82) is 0 Å². The summed E-state index contributed by atoms with van der Waals surface area (Å²) in [4.78, 5) is 12.5. The number of nitrogens with zero attached hydrogens (tertiary/aromatic N) is 4. The van der Waals surface area contributed by atoms with Gasteiger partial charge in [-0.05, 0) is 44.1 Å². The van der Waals surface area contributed by atoms with Crippen LogP contribution in [0.4, 0.5) is 5.82 Å². The maximum Gasteiger partial charge on any atom is 0.162 e.